The molecule has 6 heteroatoms. The van der Waals surface area contributed by atoms with E-state index in [-0.39, 0.29) is 23.8 Å². The molecule has 0 saturated carbocycles. The van der Waals surface area contributed by atoms with Crippen LogP contribution in [0, 0.1) is 5.92 Å². The SMILES string of the molecule is CCCCCC(=O)N(CC(=O)Nc1cc(C(C)(C)C)nn1C)CC(C)C. The van der Waals surface area contributed by atoms with Crippen LogP contribution < -0.4 is 5.32 Å². The summed E-state index contributed by atoms with van der Waals surface area (Å²) in [6.45, 7) is 13.2. The van der Waals surface area contributed by atoms with E-state index in [1.807, 2.05) is 13.1 Å². The number of hydrogen-bond acceptors (Lipinski definition) is 3. The third kappa shape index (κ3) is 7.18. The van der Waals surface area contributed by atoms with Gasteiger partial charge in [-0.3, -0.25) is 14.3 Å². The Labute approximate surface area is 158 Å². The van der Waals surface area contributed by atoms with E-state index in [1.165, 1.54) is 0 Å². The molecule has 148 valence electrons. The lowest BCUT2D eigenvalue weighted by atomic mass is 9.92. The molecule has 0 spiro atoms. The van der Waals surface area contributed by atoms with Crippen LogP contribution in [0.4, 0.5) is 5.82 Å². The molecule has 0 aliphatic rings. The van der Waals surface area contributed by atoms with Crippen LogP contribution in [0.5, 0.6) is 0 Å². The van der Waals surface area contributed by atoms with Gasteiger partial charge >= 0.3 is 0 Å². The van der Waals surface area contributed by atoms with E-state index in [4.69, 9.17) is 0 Å². The Morgan fingerprint density at radius 3 is 2.42 bits per heavy atom. The van der Waals surface area contributed by atoms with Crippen molar-refractivity contribution in [3.05, 3.63) is 11.8 Å². The zero-order valence-corrected chi connectivity index (χ0v) is 17.6. The second-order valence-electron chi connectivity index (χ2n) is 8.46. The first kappa shape index (κ1) is 22.2. The molecule has 2 amide bonds. The fraction of sp³-hybridized carbons (Fsp3) is 0.750. The average Bonchev–Trinajstić information content (AvgIpc) is 2.87. The van der Waals surface area contributed by atoms with Gasteiger partial charge in [0.15, 0.2) is 0 Å². The van der Waals surface area contributed by atoms with Gasteiger partial charge in [0, 0.05) is 31.5 Å². The Balaban J connectivity index is 2.74. The van der Waals surface area contributed by atoms with Gasteiger partial charge in [-0.2, -0.15) is 5.10 Å². The summed E-state index contributed by atoms with van der Waals surface area (Å²) in [5.74, 6) is 0.852. The maximum absolute atomic E-state index is 12.5. The molecule has 0 aromatic carbocycles. The number of nitrogens with one attached hydrogen (secondary N) is 1. The van der Waals surface area contributed by atoms with Gasteiger partial charge in [-0.05, 0) is 12.3 Å². The first-order chi connectivity index (χ1) is 12.0. The van der Waals surface area contributed by atoms with Gasteiger partial charge in [0.1, 0.15) is 5.82 Å². The van der Waals surface area contributed by atoms with Crippen LogP contribution in [-0.4, -0.2) is 39.6 Å². The first-order valence-electron chi connectivity index (χ1n) is 9.66. The number of rotatable bonds is 9. The van der Waals surface area contributed by atoms with Gasteiger partial charge in [0.25, 0.3) is 0 Å². The summed E-state index contributed by atoms with van der Waals surface area (Å²) in [5.41, 5.74) is 0.838. The molecule has 1 rings (SSSR count). The van der Waals surface area contributed by atoms with Crippen LogP contribution >= 0.6 is 0 Å². The zero-order chi connectivity index (χ0) is 19.9. The number of nitrogens with zero attached hydrogens (tertiary/aromatic N) is 3. The lowest BCUT2D eigenvalue weighted by molar-refractivity contribution is -0.135. The predicted molar refractivity (Wildman–Crippen MR) is 106 cm³/mol. The van der Waals surface area contributed by atoms with Crippen molar-refractivity contribution < 1.29 is 9.59 Å². The lowest BCUT2D eigenvalue weighted by Gasteiger charge is -2.24. The number of amides is 2. The molecule has 0 unspecified atom stereocenters. The van der Waals surface area contributed by atoms with Crippen LogP contribution in [0.15, 0.2) is 6.07 Å². The highest BCUT2D eigenvalue weighted by molar-refractivity contribution is 5.94. The highest BCUT2D eigenvalue weighted by atomic mass is 16.2. The third-order valence-corrected chi connectivity index (χ3v) is 4.18. The molecule has 26 heavy (non-hydrogen) atoms. The van der Waals surface area contributed by atoms with Gasteiger partial charge < -0.3 is 10.2 Å². The molecule has 1 aromatic heterocycles. The Bertz CT molecular complexity index is 599. The molecule has 0 radical (unpaired) electrons. The number of aryl methyl sites for hydroxylation is 1. The van der Waals surface area contributed by atoms with E-state index >= 15 is 0 Å². The van der Waals surface area contributed by atoms with E-state index < -0.39 is 0 Å². The molecule has 1 N–H and O–H groups in total. The molecule has 0 bridgehead atoms. The number of carbonyl (C=O) groups excluding carboxylic acids is 2. The number of aromatic nitrogens is 2. The summed E-state index contributed by atoms with van der Waals surface area (Å²) in [4.78, 5) is 26.7. The summed E-state index contributed by atoms with van der Waals surface area (Å²) < 4.78 is 1.67. The van der Waals surface area contributed by atoms with Gasteiger partial charge in [-0.15, -0.1) is 0 Å². The van der Waals surface area contributed by atoms with Gasteiger partial charge in [0.2, 0.25) is 11.8 Å². The maximum atomic E-state index is 12.5. The minimum Gasteiger partial charge on any atom is -0.333 e. The van der Waals surface area contributed by atoms with Crippen molar-refractivity contribution >= 4 is 17.6 Å². The van der Waals surface area contributed by atoms with Crippen LogP contribution in [0.3, 0.4) is 0 Å². The number of unbranched alkanes of at least 4 members (excludes halogenated alkanes) is 2. The molecule has 0 aliphatic carbocycles. The normalized spacial score (nSPS) is 11.7. The quantitative estimate of drug-likeness (QED) is 0.679. The molecule has 0 fully saturated rings. The number of anilines is 1. The van der Waals surface area contributed by atoms with E-state index in [1.54, 1.807) is 9.58 Å². The molecular formula is C20H36N4O2. The molecule has 1 heterocycles. The zero-order valence-electron chi connectivity index (χ0n) is 17.6. The van der Waals surface area contributed by atoms with Crippen molar-refractivity contribution in [2.75, 3.05) is 18.4 Å². The standard InChI is InChI=1S/C20H36N4O2/c1-8-9-10-11-19(26)24(13-15(2)3)14-18(25)21-17-12-16(20(4,5)6)22-23(17)7/h12,15H,8-11,13-14H2,1-7H3,(H,21,25). The molecule has 0 aliphatic heterocycles. The topological polar surface area (TPSA) is 67.2 Å². The Hall–Kier alpha value is -1.85. The molecule has 1 aromatic rings. The van der Waals surface area contributed by atoms with E-state index in [9.17, 15) is 9.59 Å². The summed E-state index contributed by atoms with van der Waals surface area (Å²) in [7, 11) is 1.81. The van der Waals surface area contributed by atoms with E-state index in [2.05, 4.69) is 52.0 Å². The largest absolute Gasteiger partial charge is 0.333 e. The van der Waals surface area contributed by atoms with Gasteiger partial charge in [0.05, 0.1) is 12.2 Å². The highest BCUT2D eigenvalue weighted by Crippen LogP contribution is 2.23. The highest BCUT2D eigenvalue weighted by Gasteiger charge is 2.21. The van der Waals surface area contributed by atoms with Crippen molar-refractivity contribution in [3.8, 4) is 0 Å². The van der Waals surface area contributed by atoms with Crippen LogP contribution in [0.25, 0.3) is 0 Å². The van der Waals surface area contributed by atoms with Crippen molar-refractivity contribution in [1.29, 1.82) is 0 Å². The number of hydrogen-bond donors (Lipinski definition) is 1. The summed E-state index contributed by atoms with van der Waals surface area (Å²) in [6.07, 6.45) is 3.50. The van der Waals surface area contributed by atoms with Crippen molar-refractivity contribution in [1.82, 2.24) is 14.7 Å². The smallest absolute Gasteiger partial charge is 0.245 e. The fourth-order valence-electron chi connectivity index (χ4n) is 2.69. The third-order valence-electron chi connectivity index (χ3n) is 4.18. The average molecular weight is 365 g/mol. The second-order valence-corrected chi connectivity index (χ2v) is 8.46. The van der Waals surface area contributed by atoms with E-state index in [0.717, 1.165) is 25.0 Å². The monoisotopic (exact) mass is 364 g/mol. The molecule has 0 atom stereocenters. The molecule has 0 saturated heterocycles. The van der Waals surface area contributed by atoms with Crippen molar-refractivity contribution in [2.45, 2.75) is 72.6 Å². The molecule has 6 nitrogen and oxygen atoms in total. The summed E-state index contributed by atoms with van der Waals surface area (Å²) in [5, 5.41) is 7.37. The van der Waals surface area contributed by atoms with Crippen molar-refractivity contribution in [2.24, 2.45) is 13.0 Å². The maximum Gasteiger partial charge on any atom is 0.245 e. The first-order valence-corrected chi connectivity index (χ1v) is 9.66. The minimum absolute atomic E-state index is 0.0580. The summed E-state index contributed by atoms with van der Waals surface area (Å²) in [6, 6.07) is 1.90. The summed E-state index contributed by atoms with van der Waals surface area (Å²) >= 11 is 0. The van der Waals surface area contributed by atoms with Crippen molar-refractivity contribution in [3.63, 3.8) is 0 Å². The fourth-order valence-corrected chi connectivity index (χ4v) is 2.69. The number of carbonyl (C=O) groups is 2. The molecular weight excluding hydrogens is 328 g/mol. The van der Waals surface area contributed by atoms with Crippen LogP contribution in [0.2, 0.25) is 0 Å². The van der Waals surface area contributed by atoms with Crippen LogP contribution in [-0.2, 0) is 22.1 Å². The van der Waals surface area contributed by atoms with Gasteiger partial charge in [-0.1, -0.05) is 54.4 Å². The predicted octanol–water partition coefficient (Wildman–Crippen LogP) is 3.72. The lowest BCUT2D eigenvalue weighted by Crippen LogP contribution is -2.40. The Morgan fingerprint density at radius 2 is 1.92 bits per heavy atom. The van der Waals surface area contributed by atoms with Gasteiger partial charge in [-0.25, -0.2) is 0 Å². The second kappa shape index (κ2) is 9.74. The minimum atomic E-state index is -0.182. The van der Waals surface area contributed by atoms with Crippen LogP contribution in [0.1, 0.15) is 72.9 Å². The Kier molecular flexibility index (Phi) is 8.31. The Morgan fingerprint density at radius 1 is 1.27 bits per heavy atom. The van der Waals surface area contributed by atoms with E-state index in [0.29, 0.717) is 24.7 Å².